The first-order chi connectivity index (χ1) is 18.4. The van der Waals surface area contributed by atoms with Crippen molar-refractivity contribution in [3.05, 3.63) is 29.3 Å². The Morgan fingerprint density at radius 3 is 2.47 bits per heavy atom. The van der Waals surface area contributed by atoms with Crippen LogP contribution in [0.25, 0.3) is 0 Å². The highest BCUT2D eigenvalue weighted by Gasteiger charge is 2.55. The number of hydrogen-bond acceptors (Lipinski definition) is 4. The predicted octanol–water partition coefficient (Wildman–Crippen LogP) is 6.70. The van der Waals surface area contributed by atoms with Gasteiger partial charge in [-0.15, -0.1) is 23.4 Å². The van der Waals surface area contributed by atoms with Crippen molar-refractivity contribution < 1.29 is 14.4 Å². The van der Waals surface area contributed by atoms with Crippen molar-refractivity contribution in [2.24, 2.45) is 23.2 Å². The number of carbonyl (C=O) groups excluding carboxylic acids is 3. The van der Waals surface area contributed by atoms with Gasteiger partial charge in [0.2, 0.25) is 11.8 Å². The zero-order valence-electron chi connectivity index (χ0n) is 22.4. The van der Waals surface area contributed by atoms with E-state index in [1.165, 1.54) is 77.0 Å². The second-order valence-electron chi connectivity index (χ2n) is 12.8. The summed E-state index contributed by atoms with van der Waals surface area (Å²) in [5, 5.41) is 2.83. The summed E-state index contributed by atoms with van der Waals surface area (Å²) in [5.74, 6) is 3.12. The molecule has 206 valence electrons. The average molecular weight is 557 g/mol. The van der Waals surface area contributed by atoms with Gasteiger partial charge in [-0.25, -0.2) is 0 Å². The lowest BCUT2D eigenvalue weighted by molar-refractivity contribution is -0.136. The van der Waals surface area contributed by atoms with Crippen LogP contribution in [0, 0.1) is 23.2 Å². The summed E-state index contributed by atoms with van der Waals surface area (Å²) >= 11 is 8.85. The molecular weight excluding hydrogens is 516 g/mol. The number of imide groups is 1. The number of thioether (sulfide) groups is 1. The van der Waals surface area contributed by atoms with E-state index in [0.717, 1.165) is 34.0 Å². The normalized spacial score (nSPS) is 33.7. The molecule has 4 atom stereocenters. The van der Waals surface area contributed by atoms with Crippen LogP contribution in [-0.2, 0) is 16.1 Å². The molecule has 1 aromatic carbocycles. The van der Waals surface area contributed by atoms with Crippen molar-refractivity contribution in [3.63, 3.8) is 0 Å². The molecule has 38 heavy (non-hydrogen) atoms. The van der Waals surface area contributed by atoms with E-state index in [4.69, 9.17) is 11.6 Å². The van der Waals surface area contributed by atoms with E-state index in [0.29, 0.717) is 29.3 Å². The molecule has 0 radical (unpaired) electrons. The maximum absolute atomic E-state index is 13.0. The number of amides is 3. The van der Waals surface area contributed by atoms with E-state index < -0.39 is 6.04 Å². The standard InChI is InChI=1S/C31H41ClN2O3S/c32-28-22-15-20-14-21(16-22)18-31(28,17-20)12-5-3-1-2-4-6-13-38-26-9-7-8-23-24(26)19-34(30(23)37)25-10-11-27(35)33-29(25)36/h7-9,20-22,25,28H,1-6,10-19H2,(H,33,35,36). The van der Waals surface area contributed by atoms with Gasteiger partial charge < -0.3 is 4.90 Å². The molecule has 3 amide bonds. The number of halogens is 1. The molecule has 0 aromatic heterocycles. The van der Waals surface area contributed by atoms with Gasteiger partial charge in [0, 0.05) is 28.8 Å². The molecule has 7 rings (SSSR count). The first-order valence-corrected chi connectivity index (χ1v) is 16.4. The van der Waals surface area contributed by atoms with Crippen molar-refractivity contribution in [3.8, 4) is 0 Å². The van der Waals surface area contributed by atoms with Crippen LogP contribution in [-0.4, -0.2) is 39.8 Å². The highest BCUT2D eigenvalue weighted by molar-refractivity contribution is 7.99. The highest BCUT2D eigenvalue weighted by Crippen LogP contribution is 2.63. The number of hydrogen-bond donors (Lipinski definition) is 1. The molecule has 1 saturated heterocycles. The molecular formula is C31H41ClN2O3S. The largest absolute Gasteiger partial charge is 0.322 e. The summed E-state index contributed by atoms with van der Waals surface area (Å²) in [5.41, 5.74) is 2.21. The minimum Gasteiger partial charge on any atom is -0.322 e. The molecule has 1 N–H and O–H groups in total. The van der Waals surface area contributed by atoms with Crippen molar-refractivity contribution in [1.29, 1.82) is 0 Å². The smallest absolute Gasteiger partial charge is 0.255 e. The van der Waals surface area contributed by atoms with Gasteiger partial charge in [0.05, 0.1) is 0 Å². The van der Waals surface area contributed by atoms with Gasteiger partial charge in [0.1, 0.15) is 6.04 Å². The summed E-state index contributed by atoms with van der Waals surface area (Å²) < 4.78 is 0. The molecule has 4 aliphatic carbocycles. The number of alkyl halides is 1. The van der Waals surface area contributed by atoms with Gasteiger partial charge in [0.15, 0.2) is 0 Å². The number of carbonyl (C=O) groups is 3. The first kappa shape index (κ1) is 26.7. The Morgan fingerprint density at radius 2 is 1.71 bits per heavy atom. The number of benzene rings is 1. The SMILES string of the molecule is O=C1CCC(N2Cc3c(SCCCCCCCCC45CC6CC(CC(C6)C4Cl)C5)cccc3C2=O)C(=O)N1. The molecule has 2 aliphatic heterocycles. The number of fused-ring (bicyclic) bond motifs is 1. The van der Waals surface area contributed by atoms with Crippen LogP contribution in [0.4, 0.5) is 0 Å². The van der Waals surface area contributed by atoms with Crippen LogP contribution in [0.5, 0.6) is 0 Å². The first-order valence-electron chi connectivity index (χ1n) is 15.0. The molecule has 6 aliphatic rings. The van der Waals surface area contributed by atoms with Crippen LogP contribution >= 0.6 is 23.4 Å². The minimum atomic E-state index is -0.552. The molecule has 7 heteroatoms. The predicted molar refractivity (Wildman–Crippen MR) is 151 cm³/mol. The third kappa shape index (κ3) is 5.16. The van der Waals surface area contributed by atoms with Gasteiger partial charge in [-0.3, -0.25) is 19.7 Å². The van der Waals surface area contributed by atoms with Gasteiger partial charge in [-0.1, -0.05) is 38.2 Å². The van der Waals surface area contributed by atoms with Crippen LogP contribution in [0.15, 0.2) is 23.1 Å². The van der Waals surface area contributed by atoms with Crippen molar-refractivity contribution in [2.45, 2.75) is 113 Å². The molecule has 4 saturated carbocycles. The second-order valence-corrected chi connectivity index (χ2v) is 14.4. The average Bonchev–Trinajstić information content (AvgIpc) is 3.22. The van der Waals surface area contributed by atoms with Gasteiger partial charge in [-0.05, 0) is 98.0 Å². The fourth-order valence-electron chi connectivity index (χ4n) is 8.65. The van der Waals surface area contributed by atoms with E-state index in [1.807, 2.05) is 23.9 Å². The van der Waals surface area contributed by atoms with Gasteiger partial charge in [-0.2, -0.15) is 0 Å². The fraction of sp³-hybridized carbons (Fsp3) is 0.710. The van der Waals surface area contributed by atoms with Crippen molar-refractivity contribution >= 4 is 41.1 Å². The quantitative estimate of drug-likeness (QED) is 0.142. The number of nitrogens with zero attached hydrogens (tertiary/aromatic N) is 1. The minimum absolute atomic E-state index is 0.0917. The Morgan fingerprint density at radius 1 is 0.974 bits per heavy atom. The van der Waals surface area contributed by atoms with Crippen molar-refractivity contribution in [2.75, 3.05) is 5.75 Å². The van der Waals surface area contributed by atoms with Crippen LogP contribution in [0.2, 0.25) is 0 Å². The lowest BCUT2D eigenvalue weighted by atomic mass is 9.48. The third-order valence-corrected chi connectivity index (χ3v) is 12.2. The summed E-state index contributed by atoms with van der Waals surface area (Å²) in [7, 11) is 0. The fourth-order valence-corrected chi connectivity index (χ4v) is 10.2. The Bertz CT molecular complexity index is 1080. The molecule has 0 spiro atoms. The van der Waals surface area contributed by atoms with E-state index in [9.17, 15) is 14.4 Å². The summed E-state index contributed by atoms with van der Waals surface area (Å²) in [4.78, 5) is 39.7. The molecule has 2 heterocycles. The monoisotopic (exact) mass is 556 g/mol. The zero-order valence-corrected chi connectivity index (χ0v) is 24.0. The van der Waals surface area contributed by atoms with Gasteiger partial charge in [0.25, 0.3) is 5.91 Å². The van der Waals surface area contributed by atoms with Crippen molar-refractivity contribution in [1.82, 2.24) is 10.2 Å². The Hall–Kier alpha value is -1.53. The maximum Gasteiger partial charge on any atom is 0.255 e. The molecule has 1 aromatic rings. The van der Waals surface area contributed by atoms with Crippen LogP contribution < -0.4 is 5.32 Å². The van der Waals surface area contributed by atoms with Crippen LogP contribution in [0.1, 0.15) is 106 Å². The summed E-state index contributed by atoms with van der Waals surface area (Å²) in [6.45, 7) is 0.455. The van der Waals surface area contributed by atoms with E-state index >= 15 is 0 Å². The number of nitrogens with one attached hydrogen (secondary N) is 1. The number of rotatable bonds is 11. The molecule has 4 bridgehead atoms. The number of unbranched alkanes of at least 4 members (excludes halogenated alkanes) is 5. The Labute approximate surface area is 236 Å². The maximum atomic E-state index is 13.0. The Kier molecular flexibility index (Phi) is 7.83. The molecule has 5 nitrogen and oxygen atoms in total. The Balaban J connectivity index is 0.902. The zero-order chi connectivity index (χ0) is 26.3. The number of piperidine rings is 1. The summed E-state index contributed by atoms with van der Waals surface area (Å²) in [6, 6.07) is 5.36. The lowest BCUT2D eigenvalue weighted by Gasteiger charge is -2.59. The van der Waals surface area contributed by atoms with Gasteiger partial charge >= 0.3 is 0 Å². The topological polar surface area (TPSA) is 66.5 Å². The van der Waals surface area contributed by atoms with E-state index in [1.54, 1.807) is 4.90 Å². The van der Waals surface area contributed by atoms with Crippen LogP contribution in [0.3, 0.4) is 0 Å². The molecule has 5 fully saturated rings. The highest BCUT2D eigenvalue weighted by atomic mass is 35.5. The lowest BCUT2D eigenvalue weighted by Crippen LogP contribution is -2.53. The van der Waals surface area contributed by atoms with E-state index in [2.05, 4.69) is 11.4 Å². The van der Waals surface area contributed by atoms with E-state index in [-0.39, 0.29) is 24.1 Å². The second kappa shape index (κ2) is 11.2. The summed E-state index contributed by atoms with van der Waals surface area (Å²) in [6.07, 6.45) is 16.9. The third-order valence-electron chi connectivity index (χ3n) is 10.2. The molecule has 4 unspecified atom stereocenters.